The largest absolute Gasteiger partial charge is 0.344 e. The van der Waals surface area contributed by atoms with Gasteiger partial charge in [0.15, 0.2) is 0 Å². The molecular weight excluding hydrogens is 324 g/mol. The van der Waals surface area contributed by atoms with Crippen molar-refractivity contribution >= 4 is 26.8 Å². The molecule has 1 aromatic carbocycles. The first-order valence-corrected chi connectivity index (χ1v) is 8.93. The second kappa shape index (κ2) is 4.85. The quantitative estimate of drug-likeness (QED) is 0.805. The van der Waals surface area contributed by atoms with E-state index in [-0.39, 0.29) is 0 Å². The molecule has 1 saturated carbocycles. The van der Waals surface area contributed by atoms with Crippen molar-refractivity contribution in [2.75, 3.05) is 0 Å². The predicted octanol–water partition coefficient (Wildman–Crippen LogP) is 4.56. The molecule has 2 heterocycles. The zero-order valence-electron chi connectivity index (χ0n) is 12.9. The van der Waals surface area contributed by atoms with E-state index < -0.39 is 0 Å². The fourth-order valence-corrected chi connectivity index (χ4v) is 4.93. The molecule has 1 unspecified atom stereocenters. The lowest BCUT2D eigenvalue weighted by molar-refractivity contribution is 0.566. The summed E-state index contributed by atoms with van der Waals surface area (Å²) in [5, 5.41) is 1.46. The Bertz CT molecular complexity index is 729. The average molecular weight is 347 g/mol. The number of hydrogen-bond donors (Lipinski definition) is 1. The third-order valence-corrected chi connectivity index (χ3v) is 6.82. The topological polar surface area (TPSA) is 30.9 Å². The van der Waals surface area contributed by atoms with E-state index in [1.807, 2.05) is 0 Å². The van der Waals surface area contributed by atoms with Crippen molar-refractivity contribution in [3.05, 3.63) is 32.9 Å². The van der Waals surface area contributed by atoms with Crippen LogP contribution in [0.25, 0.3) is 10.9 Å². The summed E-state index contributed by atoms with van der Waals surface area (Å²) < 4.78 is 3.92. The molecule has 0 saturated heterocycles. The fraction of sp³-hybridized carbons (Fsp3) is 0.556. The SMILES string of the molecule is Cc1c(Br)c(C)c2cc(C3CC[C@H](N)C3)n3c2c1CCC3. The Morgan fingerprint density at radius 2 is 2.05 bits per heavy atom. The molecule has 112 valence electrons. The van der Waals surface area contributed by atoms with Crippen LogP contribution in [0.1, 0.15) is 54.0 Å². The molecule has 0 spiro atoms. The van der Waals surface area contributed by atoms with Crippen LogP contribution in [0.3, 0.4) is 0 Å². The Morgan fingerprint density at radius 1 is 1.24 bits per heavy atom. The lowest BCUT2D eigenvalue weighted by Gasteiger charge is -2.23. The Hall–Kier alpha value is -0.800. The number of nitrogens with zero attached hydrogens (tertiary/aromatic N) is 1. The number of nitrogens with two attached hydrogens (primary N) is 1. The summed E-state index contributed by atoms with van der Waals surface area (Å²) in [6, 6.07) is 2.87. The highest BCUT2D eigenvalue weighted by molar-refractivity contribution is 9.10. The first kappa shape index (κ1) is 13.8. The highest BCUT2D eigenvalue weighted by atomic mass is 79.9. The van der Waals surface area contributed by atoms with Gasteiger partial charge in [0.2, 0.25) is 0 Å². The van der Waals surface area contributed by atoms with Crippen molar-refractivity contribution in [3.63, 3.8) is 0 Å². The predicted molar refractivity (Wildman–Crippen MR) is 92.0 cm³/mol. The lowest BCUT2D eigenvalue weighted by atomic mass is 9.96. The number of benzene rings is 1. The van der Waals surface area contributed by atoms with E-state index in [0.29, 0.717) is 12.0 Å². The molecule has 2 N–H and O–H groups in total. The Balaban J connectivity index is 1.99. The molecule has 2 nitrogen and oxygen atoms in total. The zero-order chi connectivity index (χ0) is 14.7. The second-order valence-electron chi connectivity index (χ2n) is 6.90. The smallest absolute Gasteiger partial charge is 0.0521 e. The third-order valence-electron chi connectivity index (χ3n) is 5.63. The molecule has 3 heteroatoms. The van der Waals surface area contributed by atoms with E-state index in [2.05, 4.69) is 40.4 Å². The van der Waals surface area contributed by atoms with E-state index >= 15 is 0 Å². The van der Waals surface area contributed by atoms with Gasteiger partial charge in [0, 0.05) is 34.1 Å². The van der Waals surface area contributed by atoms with Crippen LogP contribution < -0.4 is 5.73 Å². The zero-order valence-corrected chi connectivity index (χ0v) is 14.5. The molecule has 21 heavy (non-hydrogen) atoms. The van der Waals surface area contributed by atoms with E-state index in [9.17, 15) is 0 Å². The van der Waals surface area contributed by atoms with Crippen LogP contribution in [-0.2, 0) is 13.0 Å². The van der Waals surface area contributed by atoms with E-state index in [1.165, 1.54) is 58.7 Å². The molecule has 1 aromatic heterocycles. The number of rotatable bonds is 1. The van der Waals surface area contributed by atoms with Crippen molar-refractivity contribution in [1.29, 1.82) is 0 Å². The van der Waals surface area contributed by atoms with Crippen LogP contribution in [0.4, 0.5) is 0 Å². The minimum absolute atomic E-state index is 0.401. The maximum absolute atomic E-state index is 6.15. The fourth-order valence-electron chi connectivity index (χ4n) is 4.47. The van der Waals surface area contributed by atoms with Crippen LogP contribution in [0.15, 0.2) is 10.5 Å². The first-order chi connectivity index (χ1) is 10.1. The van der Waals surface area contributed by atoms with Gasteiger partial charge in [-0.2, -0.15) is 0 Å². The van der Waals surface area contributed by atoms with Crippen molar-refractivity contribution < 1.29 is 0 Å². The van der Waals surface area contributed by atoms with Gasteiger partial charge in [-0.05, 0) is 68.7 Å². The highest BCUT2D eigenvalue weighted by Gasteiger charge is 2.29. The average Bonchev–Trinajstić information content (AvgIpc) is 3.07. The summed E-state index contributed by atoms with van der Waals surface area (Å²) in [6.45, 7) is 5.69. The minimum atomic E-state index is 0.401. The monoisotopic (exact) mass is 346 g/mol. The molecular formula is C18H23BrN2. The molecule has 4 rings (SSSR count). The van der Waals surface area contributed by atoms with Gasteiger partial charge >= 0.3 is 0 Å². The van der Waals surface area contributed by atoms with Gasteiger partial charge < -0.3 is 10.3 Å². The van der Waals surface area contributed by atoms with Crippen LogP contribution >= 0.6 is 15.9 Å². The van der Waals surface area contributed by atoms with Gasteiger partial charge in [-0.1, -0.05) is 15.9 Å². The molecule has 1 fully saturated rings. The second-order valence-corrected chi connectivity index (χ2v) is 7.69. The van der Waals surface area contributed by atoms with Gasteiger partial charge in [0.1, 0.15) is 0 Å². The van der Waals surface area contributed by atoms with Crippen LogP contribution in [0.5, 0.6) is 0 Å². The summed E-state index contributed by atoms with van der Waals surface area (Å²) in [5.74, 6) is 0.664. The van der Waals surface area contributed by atoms with E-state index in [4.69, 9.17) is 5.73 Å². The molecule has 2 aromatic rings. The molecule has 0 radical (unpaired) electrons. The lowest BCUT2D eigenvalue weighted by Crippen LogP contribution is -2.16. The van der Waals surface area contributed by atoms with Gasteiger partial charge in [0.05, 0.1) is 5.52 Å². The maximum atomic E-state index is 6.15. The van der Waals surface area contributed by atoms with E-state index in [0.717, 1.165) is 6.42 Å². The molecule has 2 atom stereocenters. The van der Waals surface area contributed by atoms with Gasteiger partial charge in [-0.3, -0.25) is 0 Å². The van der Waals surface area contributed by atoms with Gasteiger partial charge in [0.25, 0.3) is 0 Å². The first-order valence-electron chi connectivity index (χ1n) is 8.14. The summed E-state index contributed by atoms with van der Waals surface area (Å²) >= 11 is 3.81. The summed E-state index contributed by atoms with van der Waals surface area (Å²) in [4.78, 5) is 0. The van der Waals surface area contributed by atoms with Crippen molar-refractivity contribution in [2.45, 2.75) is 64.5 Å². The molecule has 2 aliphatic rings. The number of aryl methyl sites for hydroxylation is 3. The molecule has 0 bridgehead atoms. The standard InChI is InChI=1S/C18H23BrN2/c1-10-14-4-3-7-21-16(12-5-6-13(20)8-12)9-15(18(14)21)11(2)17(10)19/h9,12-13H,3-8,20H2,1-2H3/t12?,13-/m0/s1. The van der Waals surface area contributed by atoms with E-state index in [1.54, 1.807) is 11.3 Å². The Kier molecular flexibility index (Phi) is 3.20. The minimum Gasteiger partial charge on any atom is -0.344 e. The van der Waals surface area contributed by atoms with Gasteiger partial charge in [-0.25, -0.2) is 0 Å². The Labute approximate surface area is 134 Å². The molecule has 1 aliphatic heterocycles. The molecule has 0 amide bonds. The third kappa shape index (κ3) is 1.93. The Morgan fingerprint density at radius 3 is 2.76 bits per heavy atom. The highest BCUT2D eigenvalue weighted by Crippen LogP contribution is 2.42. The van der Waals surface area contributed by atoms with Crippen molar-refractivity contribution in [1.82, 2.24) is 4.57 Å². The van der Waals surface area contributed by atoms with Gasteiger partial charge in [-0.15, -0.1) is 0 Å². The summed E-state index contributed by atoms with van der Waals surface area (Å²) in [6.07, 6.45) is 6.07. The normalized spacial score (nSPS) is 25.0. The van der Waals surface area contributed by atoms with Crippen LogP contribution in [-0.4, -0.2) is 10.6 Å². The number of halogens is 1. The van der Waals surface area contributed by atoms with Crippen LogP contribution in [0, 0.1) is 13.8 Å². The maximum Gasteiger partial charge on any atom is 0.0521 e. The summed E-state index contributed by atoms with van der Waals surface area (Å²) in [5.41, 5.74) is 13.6. The van der Waals surface area contributed by atoms with Crippen molar-refractivity contribution in [3.8, 4) is 0 Å². The summed E-state index contributed by atoms with van der Waals surface area (Å²) in [7, 11) is 0. The van der Waals surface area contributed by atoms with Crippen LogP contribution in [0.2, 0.25) is 0 Å². The van der Waals surface area contributed by atoms with Crippen molar-refractivity contribution in [2.24, 2.45) is 5.73 Å². The number of hydrogen-bond acceptors (Lipinski definition) is 1. The number of aromatic nitrogens is 1. The molecule has 1 aliphatic carbocycles.